The highest BCUT2D eigenvalue weighted by molar-refractivity contribution is 5.79. The summed E-state index contributed by atoms with van der Waals surface area (Å²) in [6.45, 7) is 5.88. The molecule has 0 amide bonds. The molecule has 0 fully saturated rings. The van der Waals surface area contributed by atoms with Gasteiger partial charge in [-0.15, -0.1) is 0 Å². The minimum Gasteiger partial charge on any atom is -0.374 e. The van der Waals surface area contributed by atoms with Crippen molar-refractivity contribution in [2.75, 3.05) is 6.54 Å². The van der Waals surface area contributed by atoms with Crippen LogP contribution in [0.1, 0.15) is 36.3 Å². The molecule has 0 spiro atoms. The predicted molar refractivity (Wildman–Crippen MR) is 78.7 cm³/mol. The molecular formula is C16H21NO3. The van der Waals surface area contributed by atoms with Gasteiger partial charge < -0.3 is 15.3 Å². The summed E-state index contributed by atoms with van der Waals surface area (Å²) in [5, 5.41) is 30.3. The molecule has 4 heteroatoms. The normalized spacial score (nSPS) is 16.2. The molecule has 0 aliphatic heterocycles. The molecule has 0 radical (unpaired) electrons. The van der Waals surface area contributed by atoms with E-state index in [1.165, 1.54) is 11.1 Å². The predicted octanol–water partition coefficient (Wildman–Crippen LogP) is 1.48. The van der Waals surface area contributed by atoms with Crippen LogP contribution in [-0.2, 0) is 6.42 Å². The van der Waals surface area contributed by atoms with Crippen LogP contribution < -0.4 is 5.32 Å². The average Bonchev–Trinajstić information content (AvgIpc) is 2.44. The van der Waals surface area contributed by atoms with E-state index in [9.17, 15) is 5.11 Å². The fourth-order valence-corrected chi connectivity index (χ4v) is 2.54. The SMILES string of the molecule is C=CC1=C(C)CCc2ccc(C(O)NCC(O)O)cc21. The van der Waals surface area contributed by atoms with Crippen LogP contribution in [0.2, 0.25) is 0 Å². The molecule has 0 saturated carbocycles. The van der Waals surface area contributed by atoms with Gasteiger partial charge in [0.25, 0.3) is 0 Å². The molecule has 4 N–H and O–H groups in total. The van der Waals surface area contributed by atoms with Crippen molar-refractivity contribution in [1.29, 1.82) is 0 Å². The zero-order valence-corrected chi connectivity index (χ0v) is 11.6. The monoisotopic (exact) mass is 275 g/mol. The van der Waals surface area contributed by atoms with E-state index in [-0.39, 0.29) is 6.54 Å². The van der Waals surface area contributed by atoms with Crippen molar-refractivity contribution in [2.24, 2.45) is 0 Å². The molecule has 1 unspecified atom stereocenters. The van der Waals surface area contributed by atoms with Gasteiger partial charge in [-0.3, -0.25) is 5.32 Å². The van der Waals surface area contributed by atoms with Gasteiger partial charge in [0.15, 0.2) is 6.29 Å². The van der Waals surface area contributed by atoms with Crippen LogP contribution in [0.5, 0.6) is 0 Å². The van der Waals surface area contributed by atoms with Crippen LogP contribution in [0.4, 0.5) is 0 Å². The first-order valence-corrected chi connectivity index (χ1v) is 6.76. The van der Waals surface area contributed by atoms with Crippen molar-refractivity contribution in [2.45, 2.75) is 32.3 Å². The van der Waals surface area contributed by atoms with Crippen LogP contribution in [0.3, 0.4) is 0 Å². The van der Waals surface area contributed by atoms with Crippen LogP contribution >= 0.6 is 0 Å². The topological polar surface area (TPSA) is 72.7 Å². The minimum atomic E-state index is -1.48. The van der Waals surface area contributed by atoms with E-state index in [0.717, 1.165) is 24.0 Å². The summed E-state index contributed by atoms with van der Waals surface area (Å²) in [4.78, 5) is 0. The zero-order chi connectivity index (χ0) is 14.7. The van der Waals surface area contributed by atoms with E-state index in [0.29, 0.717) is 5.56 Å². The van der Waals surface area contributed by atoms with Crippen LogP contribution in [0.15, 0.2) is 36.4 Å². The quantitative estimate of drug-likeness (QED) is 0.614. The standard InChI is InChI=1S/C16H21NO3/c1-3-13-10(2)4-5-11-6-7-12(8-14(11)13)16(20)17-9-15(18)19/h3,6-8,15-20H,1,4-5,9H2,2H3. The molecule has 0 saturated heterocycles. The lowest BCUT2D eigenvalue weighted by Crippen LogP contribution is -2.30. The first-order valence-electron chi connectivity index (χ1n) is 6.76. The molecule has 1 aliphatic carbocycles. The second-order valence-corrected chi connectivity index (χ2v) is 5.11. The first-order chi connectivity index (χ1) is 9.52. The van der Waals surface area contributed by atoms with Gasteiger partial charge in [0.2, 0.25) is 0 Å². The fraction of sp³-hybridized carbons (Fsp3) is 0.375. The van der Waals surface area contributed by atoms with Gasteiger partial charge in [-0.05, 0) is 48.1 Å². The smallest absolute Gasteiger partial charge is 0.164 e. The van der Waals surface area contributed by atoms with E-state index in [4.69, 9.17) is 10.2 Å². The van der Waals surface area contributed by atoms with E-state index in [1.54, 1.807) is 0 Å². The summed E-state index contributed by atoms with van der Waals surface area (Å²) >= 11 is 0. The van der Waals surface area contributed by atoms with E-state index in [1.807, 2.05) is 24.3 Å². The maximum absolute atomic E-state index is 10.0. The summed E-state index contributed by atoms with van der Waals surface area (Å²) in [6, 6.07) is 5.82. The summed E-state index contributed by atoms with van der Waals surface area (Å²) in [5.41, 5.74) is 5.49. The Kier molecular flexibility index (Phi) is 4.73. The Balaban J connectivity index is 2.27. The Labute approximate surface area is 119 Å². The average molecular weight is 275 g/mol. The van der Waals surface area contributed by atoms with Gasteiger partial charge in [-0.1, -0.05) is 30.4 Å². The Morgan fingerprint density at radius 1 is 1.30 bits per heavy atom. The Bertz CT molecular complexity index is 535. The molecule has 20 heavy (non-hydrogen) atoms. The van der Waals surface area contributed by atoms with Crippen LogP contribution in [0.25, 0.3) is 5.57 Å². The second kappa shape index (κ2) is 6.33. The van der Waals surface area contributed by atoms with Crippen molar-refractivity contribution >= 4 is 5.57 Å². The summed E-state index contributed by atoms with van der Waals surface area (Å²) in [7, 11) is 0. The Morgan fingerprint density at radius 2 is 2.05 bits per heavy atom. The van der Waals surface area contributed by atoms with Gasteiger partial charge >= 0.3 is 0 Å². The molecule has 0 heterocycles. The number of aliphatic hydroxyl groups is 3. The number of fused-ring (bicyclic) bond motifs is 1. The number of allylic oxidation sites excluding steroid dienone is 3. The van der Waals surface area contributed by atoms with Crippen LogP contribution in [0, 0.1) is 0 Å². The van der Waals surface area contributed by atoms with Crippen LogP contribution in [-0.4, -0.2) is 28.2 Å². The van der Waals surface area contributed by atoms with Crippen molar-refractivity contribution in [3.8, 4) is 0 Å². The fourth-order valence-electron chi connectivity index (χ4n) is 2.54. The number of aryl methyl sites for hydroxylation is 1. The lowest BCUT2D eigenvalue weighted by Gasteiger charge is -2.22. The lowest BCUT2D eigenvalue weighted by molar-refractivity contribution is -0.0468. The highest BCUT2D eigenvalue weighted by Gasteiger charge is 2.17. The van der Waals surface area contributed by atoms with Gasteiger partial charge in [-0.25, -0.2) is 0 Å². The van der Waals surface area contributed by atoms with Crippen molar-refractivity contribution in [3.63, 3.8) is 0 Å². The first kappa shape index (κ1) is 14.9. The van der Waals surface area contributed by atoms with Crippen molar-refractivity contribution < 1.29 is 15.3 Å². The third kappa shape index (κ3) is 3.16. The van der Waals surface area contributed by atoms with E-state index < -0.39 is 12.5 Å². The molecule has 1 atom stereocenters. The highest BCUT2D eigenvalue weighted by atomic mass is 16.5. The maximum atomic E-state index is 10.0. The summed E-state index contributed by atoms with van der Waals surface area (Å²) < 4.78 is 0. The largest absolute Gasteiger partial charge is 0.374 e. The van der Waals surface area contributed by atoms with Gasteiger partial charge in [0, 0.05) is 6.54 Å². The van der Waals surface area contributed by atoms with Gasteiger partial charge in [-0.2, -0.15) is 0 Å². The Morgan fingerprint density at radius 3 is 2.70 bits per heavy atom. The highest BCUT2D eigenvalue weighted by Crippen LogP contribution is 2.33. The Hall–Kier alpha value is -1.46. The molecule has 1 aromatic rings. The van der Waals surface area contributed by atoms with Gasteiger partial charge in [0.1, 0.15) is 6.23 Å². The molecule has 4 nitrogen and oxygen atoms in total. The molecule has 0 bridgehead atoms. The van der Waals surface area contributed by atoms with Crippen molar-refractivity contribution in [3.05, 3.63) is 53.1 Å². The third-order valence-corrected chi connectivity index (χ3v) is 3.67. The van der Waals surface area contributed by atoms with E-state index >= 15 is 0 Å². The number of hydrogen-bond donors (Lipinski definition) is 4. The zero-order valence-electron chi connectivity index (χ0n) is 11.6. The molecule has 1 aliphatic rings. The molecule has 108 valence electrons. The molecule has 2 rings (SSSR count). The maximum Gasteiger partial charge on any atom is 0.164 e. The molecule has 1 aromatic carbocycles. The number of nitrogens with one attached hydrogen (secondary N) is 1. The molecule has 0 aromatic heterocycles. The lowest BCUT2D eigenvalue weighted by atomic mass is 9.85. The molecular weight excluding hydrogens is 254 g/mol. The van der Waals surface area contributed by atoms with Gasteiger partial charge in [0.05, 0.1) is 0 Å². The number of benzene rings is 1. The van der Waals surface area contributed by atoms with Crippen molar-refractivity contribution in [1.82, 2.24) is 5.32 Å². The third-order valence-electron chi connectivity index (χ3n) is 3.67. The summed E-state index contributed by atoms with van der Waals surface area (Å²) in [6.07, 6.45) is 1.49. The number of aliphatic hydroxyl groups excluding tert-OH is 2. The summed E-state index contributed by atoms with van der Waals surface area (Å²) in [5.74, 6) is 0. The number of rotatable bonds is 5. The second-order valence-electron chi connectivity index (χ2n) is 5.11. The van der Waals surface area contributed by atoms with E-state index in [2.05, 4.69) is 18.8 Å². The number of hydrogen-bond acceptors (Lipinski definition) is 4. The minimum absolute atomic E-state index is 0.0819.